The van der Waals surface area contributed by atoms with Gasteiger partial charge < -0.3 is 9.97 Å². The second-order valence-corrected chi connectivity index (χ2v) is 7.07. The van der Waals surface area contributed by atoms with Gasteiger partial charge >= 0.3 is 21.1 Å². The number of halogens is 2. The molecule has 4 aromatic heterocycles. The van der Waals surface area contributed by atoms with Crippen molar-refractivity contribution in [2.24, 2.45) is 0 Å². The normalized spacial score (nSPS) is 13.1. The van der Waals surface area contributed by atoms with Crippen LogP contribution in [0.5, 0.6) is 0 Å². The molecule has 0 aliphatic rings. The molecule has 0 spiro atoms. The van der Waals surface area contributed by atoms with Gasteiger partial charge in [0.1, 0.15) is 11.9 Å². The molecule has 4 nitrogen and oxygen atoms in total. The van der Waals surface area contributed by atoms with Crippen LogP contribution in [0.3, 0.4) is 0 Å². The summed E-state index contributed by atoms with van der Waals surface area (Å²) in [6, 6.07) is 15.5. The van der Waals surface area contributed by atoms with Gasteiger partial charge in [0.2, 0.25) is 0 Å². The summed E-state index contributed by atoms with van der Waals surface area (Å²) in [5.74, 6) is -1.94. The Morgan fingerprint density at radius 1 is 1.00 bits per heavy atom. The minimum absolute atomic E-state index is 0. The van der Waals surface area contributed by atoms with Crippen LogP contribution in [0.2, 0.25) is 0 Å². The molecule has 0 fully saturated rings. The van der Waals surface area contributed by atoms with Gasteiger partial charge in [-0.25, -0.2) is 8.78 Å². The second kappa shape index (κ2) is 8.56. The Balaban J connectivity index is 0.00000306. The minimum atomic E-state index is -2.24. The van der Waals surface area contributed by atoms with Crippen LogP contribution in [-0.4, -0.2) is 15.0 Å². The van der Waals surface area contributed by atoms with Crippen molar-refractivity contribution in [3.05, 3.63) is 89.6 Å². The maximum Gasteiger partial charge on any atom is 2.00 e. The summed E-state index contributed by atoms with van der Waals surface area (Å²) in [5.41, 5.74) is 1.99. The molecule has 0 aromatic carbocycles. The van der Waals surface area contributed by atoms with Crippen LogP contribution in [0.4, 0.5) is 8.78 Å². The van der Waals surface area contributed by atoms with E-state index in [0.717, 1.165) is 6.07 Å². The number of aryl methyl sites for hydroxylation is 1. The van der Waals surface area contributed by atoms with Crippen molar-refractivity contribution in [3.63, 3.8) is 0 Å². The molecule has 0 saturated carbocycles. The van der Waals surface area contributed by atoms with E-state index in [1.165, 1.54) is 12.3 Å². The summed E-state index contributed by atoms with van der Waals surface area (Å²) in [7, 11) is 0. The summed E-state index contributed by atoms with van der Waals surface area (Å²) in [6.45, 7) is 1.59. The van der Waals surface area contributed by atoms with E-state index in [0.29, 0.717) is 22.8 Å². The first-order chi connectivity index (χ1) is 15.1. The van der Waals surface area contributed by atoms with Crippen LogP contribution in [0.15, 0.2) is 54.7 Å². The predicted octanol–water partition coefficient (Wildman–Crippen LogP) is 4.87. The monoisotopic (exact) mass is 586 g/mol. The van der Waals surface area contributed by atoms with Gasteiger partial charge in [-0.05, 0) is 44.6 Å². The molecule has 0 aliphatic carbocycles. The van der Waals surface area contributed by atoms with E-state index in [9.17, 15) is 8.78 Å². The fourth-order valence-corrected chi connectivity index (χ4v) is 3.03. The molecule has 0 atom stereocenters. The summed E-state index contributed by atoms with van der Waals surface area (Å²) in [6.07, 6.45) is 1.33. The summed E-state index contributed by atoms with van der Waals surface area (Å²) >= 11 is 0. The van der Waals surface area contributed by atoms with Crippen LogP contribution >= 0.6 is 0 Å². The molecule has 4 aromatic rings. The zero-order chi connectivity index (χ0) is 23.1. The molecule has 154 valence electrons. The van der Waals surface area contributed by atoms with Gasteiger partial charge in [-0.1, -0.05) is 41.5 Å². The van der Waals surface area contributed by atoms with Crippen LogP contribution < -0.4 is 4.98 Å². The number of rotatable bonds is 4. The van der Waals surface area contributed by atoms with Crippen LogP contribution in [0.1, 0.15) is 34.9 Å². The van der Waals surface area contributed by atoms with E-state index >= 15 is 0 Å². The average molecular weight is 587 g/mol. The van der Waals surface area contributed by atoms with Crippen molar-refractivity contribution in [1.82, 2.24) is 19.9 Å². The Bertz CT molecular complexity index is 1290. The van der Waals surface area contributed by atoms with Gasteiger partial charge in [0.15, 0.2) is 0 Å². The van der Waals surface area contributed by atoms with Crippen molar-refractivity contribution < 1.29 is 34.0 Å². The number of aromatic nitrogens is 4. The van der Waals surface area contributed by atoms with Gasteiger partial charge in [-0.2, -0.15) is 6.20 Å². The third-order valence-corrected chi connectivity index (χ3v) is 4.68. The Labute approximate surface area is 192 Å². The first kappa shape index (κ1) is 18.1. The molecule has 0 bridgehead atoms. The van der Waals surface area contributed by atoms with Gasteiger partial charge in [0, 0.05) is 20.9 Å². The maximum atomic E-state index is 14.1. The molecular weight excluding hydrogens is 565 g/mol. The third-order valence-electron chi connectivity index (χ3n) is 4.68. The fraction of sp³-hybridized carbons (Fsp3) is 0.174. The number of hydrogen-bond donors (Lipinski definition) is 0. The topological polar surface area (TPSA) is 52.8 Å². The van der Waals surface area contributed by atoms with Crippen molar-refractivity contribution in [3.8, 4) is 22.6 Å². The van der Waals surface area contributed by atoms with Crippen LogP contribution in [0.25, 0.3) is 22.6 Å². The molecule has 0 aliphatic heterocycles. The quantitative estimate of drug-likeness (QED) is 0.253. The molecule has 30 heavy (non-hydrogen) atoms. The zero-order valence-corrected chi connectivity index (χ0v) is 18.3. The van der Waals surface area contributed by atoms with Crippen molar-refractivity contribution in [2.45, 2.75) is 26.1 Å². The summed E-state index contributed by atoms with van der Waals surface area (Å²) in [5, 5.41) is 0. The van der Waals surface area contributed by atoms with E-state index in [4.69, 9.17) is 4.11 Å². The largest absolute Gasteiger partial charge is 2.00 e. The van der Waals surface area contributed by atoms with E-state index in [2.05, 4.69) is 26.0 Å². The van der Waals surface area contributed by atoms with E-state index in [1.54, 1.807) is 24.3 Å². The molecular formula is C23H18F2N4Pt. The van der Waals surface area contributed by atoms with E-state index in [-0.39, 0.29) is 37.9 Å². The van der Waals surface area contributed by atoms with E-state index in [1.807, 2.05) is 26.0 Å². The van der Waals surface area contributed by atoms with E-state index < -0.39 is 24.2 Å². The summed E-state index contributed by atoms with van der Waals surface area (Å²) < 4.78 is 49.9. The molecule has 0 saturated heterocycles. The molecule has 4 rings (SSSR count). The SMILES string of the molecule is [2H]C([2H])([2H])c1c[n-]c(-c2cccc(C(C)(C)c3cccc(-c4[c-]cc(F)nc4F)n3)n2)c1.[Pt+2]. The third kappa shape index (κ3) is 4.24. The fourth-order valence-electron chi connectivity index (χ4n) is 3.03. The number of hydrogen-bond acceptors (Lipinski definition) is 3. The van der Waals surface area contributed by atoms with Crippen molar-refractivity contribution in [1.29, 1.82) is 0 Å². The van der Waals surface area contributed by atoms with Gasteiger partial charge in [0.05, 0.1) is 5.69 Å². The molecule has 4 heterocycles. The zero-order valence-electron chi connectivity index (χ0n) is 19.1. The molecule has 0 unspecified atom stereocenters. The van der Waals surface area contributed by atoms with Crippen molar-refractivity contribution in [2.75, 3.05) is 0 Å². The van der Waals surface area contributed by atoms with Gasteiger partial charge in [0.25, 0.3) is 0 Å². The van der Waals surface area contributed by atoms with Gasteiger partial charge in [-0.3, -0.25) is 9.97 Å². The molecule has 0 N–H and O–H groups in total. The molecule has 7 heteroatoms. The Kier molecular flexibility index (Phi) is 5.16. The van der Waals surface area contributed by atoms with Crippen molar-refractivity contribution >= 4 is 0 Å². The Hall–Kier alpha value is -2.72. The first-order valence-electron chi connectivity index (χ1n) is 10.4. The smallest absolute Gasteiger partial charge is 0.662 e. The predicted molar refractivity (Wildman–Crippen MR) is 106 cm³/mol. The second-order valence-electron chi connectivity index (χ2n) is 7.07. The van der Waals surface area contributed by atoms with Gasteiger partial charge in [-0.15, -0.1) is 11.8 Å². The average Bonchev–Trinajstić information content (AvgIpc) is 3.25. The number of nitrogens with zero attached hydrogens (tertiary/aromatic N) is 4. The number of pyridine rings is 3. The standard InChI is InChI=1S/C23H18F2N4.Pt/c1-14-12-18(26-13-14)17-7-5-9-20(28-17)23(2,3)19-8-4-6-16(27-19)15-10-11-21(24)29-22(15)25;/h4-9,11-13H,1-3H3;/q-2;+2/i1D3;. The van der Waals surface area contributed by atoms with Crippen LogP contribution in [0, 0.1) is 24.8 Å². The molecule has 0 amide bonds. The maximum absolute atomic E-state index is 14.1. The Morgan fingerprint density at radius 2 is 1.67 bits per heavy atom. The Morgan fingerprint density at radius 3 is 2.30 bits per heavy atom. The first-order valence-corrected chi connectivity index (χ1v) is 8.88. The minimum Gasteiger partial charge on any atom is -0.662 e. The van der Waals surface area contributed by atoms with Crippen LogP contribution in [-0.2, 0) is 26.5 Å². The molecule has 0 radical (unpaired) electrons. The summed E-state index contributed by atoms with van der Waals surface area (Å²) in [4.78, 5) is 16.6.